The Morgan fingerprint density at radius 2 is 2.21 bits per heavy atom. The molecule has 1 rings (SSSR count). The molecule has 0 aliphatic rings. The van der Waals surface area contributed by atoms with Gasteiger partial charge in [-0.15, -0.1) is 11.8 Å². The summed E-state index contributed by atoms with van der Waals surface area (Å²) in [5, 5.41) is 12.0. The van der Waals surface area contributed by atoms with Crippen molar-refractivity contribution in [2.75, 3.05) is 12.3 Å². The van der Waals surface area contributed by atoms with Gasteiger partial charge >= 0.3 is 0 Å². The number of hydrogen-bond donors (Lipinski definition) is 1. The van der Waals surface area contributed by atoms with E-state index in [1.165, 1.54) is 10.5 Å². The van der Waals surface area contributed by atoms with Gasteiger partial charge in [0.15, 0.2) is 0 Å². The molecule has 104 valence electrons. The zero-order valence-corrected chi connectivity index (χ0v) is 12.8. The van der Waals surface area contributed by atoms with Crippen molar-refractivity contribution in [1.82, 2.24) is 5.32 Å². The monoisotopic (exact) mass is 276 g/mol. The molecule has 0 amide bonds. The Labute approximate surface area is 121 Å². The van der Waals surface area contributed by atoms with Crippen molar-refractivity contribution in [3.63, 3.8) is 0 Å². The summed E-state index contributed by atoms with van der Waals surface area (Å²) in [6.07, 6.45) is 3.97. The Kier molecular flexibility index (Phi) is 8.36. The molecule has 1 aromatic carbocycles. The van der Waals surface area contributed by atoms with E-state index in [0.717, 1.165) is 31.6 Å². The fraction of sp³-hybridized carbons (Fsp3) is 0.562. The highest BCUT2D eigenvalue weighted by Crippen LogP contribution is 2.23. The van der Waals surface area contributed by atoms with E-state index in [0.29, 0.717) is 12.5 Å². The lowest BCUT2D eigenvalue weighted by Crippen LogP contribution is -2.19. The van der Waals surface area contributed by atoms with Gasteiger partial charge in [-0.25, -0.2) is 0 Å². The molecule has 0 saturated carbocycles. The Balaban J connectivity index is 2.41. The first-order valence-corrected chi connectivity index (χ1v) is 8.09. The molecule has 0 fully saturated rings. The minimum Gasteiger partial charge on any atom is -0.310 e. The molecule has 0 bridgehead atoms. The average molecular weight is 276 g/mol. The van der Waals surface area contributed by atoms with E-state index in [2.05, 4.69) is 49.5 Å². The predicted molar refractivity (Wildman–Crippen MR) is 83.3 cm³/mol. The van der Waals surface area contributed by atoms with Crippen molar-refractivity contribution < 1.29 is 0 Å². The zero-order chi connectivity index (χ0) is 13.9. The van der Waals surface area contributed by atoms with Crippen LogP contribution in [0.15, 0.2) is 29.2 Å². The second-order valence-electron chi connectivity index (χ2n) is 4.71. The Hall–Kier alpha value is -0.980. The first kappa shape index (κ1) is 16.1. The number of nitrogens with zero attached hydrogens (tertiary/aromatic N) is 1. The number of rotatable bonds is 9. The van der Waals surface area contributed by atoms with Crippen molar-refractivity contribution >= 4 is 11.8 Å². The third-order valence-corrected chi connectivity index (χ3v) is 4.09. The maximum Gasteiger partial charge on any atom is 0.0621 e. The van der Waals surface area contributed by atoms with Gasteiger partial charge < -0.3 is 5.32 Å². The lowest BCUT2D eigenvalue weighted by molar-refractivity contribution is 0.570. The van der Waals surface area contributed by atoms with Gasteiger partial charge in [-0.1, -0.05) is 19.1 Å². The summed E-state index contributed by atoms with van der Waals surface area (Å²) in [6, 6.07) is 11.4. The quantitative estimate of drug-likeness (QED) is 0.531. The minimum absolute atomic E-state index is 0.416. The first-order chi connectivity index (χ1) is 9.27. The van der Waals surface area contributed by atoms with Gasteiger partial charge in [0.1, 0.15) is 0 Å². The molecule has 1 atom stereocenters. The van der Waals surface area contributed by atoms with Crippen molar-refractivity contribution in [3.05, 3.63) is 29.8 Å². The second-order valence-corrected chi connectivity index (χ2v) is 5.88. The molecule has 0 saturated heterocycles. The topological polar surface area (TPSA) is 35.8 Å². The summed E-state index contributed by atoms with van der Waals surface area (Å²) in [4.78, 5) is 1.33. The van der Waals surface area contributed by atoms with Gasteiger partial charge in [-0.05, 0) is 56.2 Å². The molecule has 0 aliphatic carbocycles. The fourth-order valence-corrected chi connectivity index (χ4v) is 2.83. The van der Waals surface area contributed by atoms with E-state index >= 15 is 0 Å². The summed E-state index contributed by atoms with van der Waals surface area (Å²) in [5.41, 5.74) is 1.36. The third-order valence-electron chi connectivity index (χ3n) is 3.01. The Morgan fingerprint density at radius 1 is 1.37 bits per heavy atom. The van der Waals surface area contributed by atoms with Gasteiger partial charge in [0, 0.05) is 17.4 Å². The molecule has 0 heterocycles. The van der Waals surface area contributed by atoms with Crippen LogP contribution in [-0.2, 0) is 0 Å². The molecule has 1 unspecified atom stereocenters. The molecular weight excluding hydrogens is 252 g/mol. The number of nitrogens with one attached hydrogen (secondary N) is 1. The molecule has 19 heavy (non-hydrogen) atoms. The average Bonchev–Trinajstić information content (AvgIpc) is 2.45. The number of benzene rings is 1. The van der Waals surface area contributed by atoms with Crippen LogP contribution in [0.4, 0.5) is 0 Å². The van der Waals surface area contributed by atoms with Crippen LogP contribution in [0.1, 0.15) is 51.1 Å². The number of hydrogen-bond acceptors (Lipinski definition) is 3. The van der Waals surface area contributed by atoms with E-state index in [4.69, 9.17) is 5.26 Å². The molecule has 0 spiro atoms. The molecule has 3 heteroatoms. The Morgan fingerprint density at radius 3 is 2.95 bits per heavy atom. The molecule has 0 aliphatic heterocycles. The lowest BCUT2D eigenvalue weighted by Gasteiger charge is -2.14. The fourth-order valence-electron chi connectivity index (χ4n) is 1.85. The van der Waals surface area contributed by atoms with Gasteiger partial charge in [-0.2, -0.15) is 5.26 Å². The minimum atomic E-state index is 0.416. The van der Waals surface area contributed by atoms with Crippen LogP contribution in [0, 0.1) is 11.3 Å². The van der Waals surface area contributed by atoms with Gasteiger partial charge in [0.25, 0.3) is 0 Å². The van der Waals surface area contributed by atoms with Gasteiger partial charge in [0.2, 0.25) is 0 Å². The van der Waals surface area contributed by atoms with E-state index in [9.17, 15) is 0 Å². The number of thioether (sulfide) groups is 1. The van der Waals surface area contributed by atoms with Crippen LogP contribution in [-0.4, -0.2) is 12.3 Å². The summed E-state index contributed by atoms with van der Waals surface area (Å²) >= 11 is 1.89. The maximum atomic E-state index is 8.49. The second kappa shape index (κ2) is 9.89. The van der Waals surface area contributed by atoms with Crippen molar-refractivity contribution in [1.29, 1.82) is 5.26 Å². The number of nitriles is 1. The van der Waals surface area contributed by atoms with E-state index < -0.39 is 0 Å². The molecule has 0 aromatic heterocycles. The highest BCUT2D eigenvalue weighted by molar-refractivity contribution is 7.99. The summed E-state index contributed by atoms with van der Waals surface area (Å²) in [7, 11) is 0. The third kappa shape index (κ3) is 6.66. The molecule has 0 radical (unpaired) electrons. The SMILES string of the molecule is CCCNC(C)c1cccc(SCCCCC#N)c1. The molecular formula is C16H24N2S. The molecule has 2 nitrogen and oxygen atoms in total. The number of unbranched alkanes of at least 4 members (excludes halogenated alkanes) is 2. The molecule has 1 N–H and O–H groups in total. The maximum absolute atomic E-state index is 8.49. The van der Waals surface area contributed by atoms with Crippen LogP contribution in [0.25, 0.3) is 0 Å². The lowest BCUT2D eigenvalue weighted by atomic mass is 10.1. The highest BCUT2D eigenvalue weighted by Gasteiger charge is 2.04. The van der Waals surface area contributed by atoms with Crippen LogP contribution in [0.2, 0.25) is 0 Å². The van der Waals surface area contributed by atoms with E-state index in [-0.39, 0.29) is 0 Å². The van der Waals surface area contributed by atoms with E-state index in [1.807, 2.05) is 11.8 Å². The first-order valence-electron chi connectivity index (χ1n) is 7.11. The summed E-state index contributed by atoms with van der Waals surface area (Å²) in [6.45, 7) is 5.46. The summed E-state index contributed by atoms with van der Waals surface area (Å²) in [5.74, 6) is 1.10. The van der Waals surface area contributed by atoms with Gasteiger partial charge in [0.05, 0.1) is 6.07 Å². The molecule has 1 aromatic rings. The van der Waals surface area contributed by atoms with Crippen LogP contribution < -0.4 is 5.32 Å². The van der Waals surface area contributed by atoms with Gasteiger partial charge in [-0.3, -0.25) is 0 Å². The van der Waals surface area contributed by atoms with Crippen LogP contribution in [0.5, 0.6) is 0 Å². The highest BCUT2D eigenvalue weighted by atomic mass is 32.2. The van der Waals surface area contributed by atoms with Crippen molar-refractivity contribution in [3.8, 4) is 6.07 Å². The largest absolute Gasteiger partial charge is 0.310 e. The van der Waals surface area contributed by atoms with Crippen LogP contribution >= 0.6 is 11.8 Å². The van der Waals surface area contributed by atoms with Crippen molar-refractivity contribution in [2.45, 2.75) is 50.5 Å². The van der Waals surface area contributed by atoms with Crippen LogP contribution in [0.3, 0.4) is 0 Å². The van der Waals surface area contributed by atoms with Crippen molar-refractivity contribution in [2.24, 2.45) is 0 Å². The summed E-state index contributed by atoms with van der Waals surface area (Å²) < 4.78 is 0. The standard InChI is InChI=1S/C16H24N2S/c1-3-11-18-14(2)15-8-7-9-16(13-15)19-12-6-4-5-10-17/h7-9,13-14,18H,3-6,11-12H2,1-2H3. The smallest absolute Gasteiger partial charge is 0.0621 e. The predicted octanol–water partition coefficient (Wildman–Crippen LogP) is 4.53. The van der Waals surface area contributed by atoms with E-state index in [1.54, 1.807) is 0 Å². The Bertz CT molecular complexity index is 398. The normalized spacial score (nSPS) is 12.1. The zero-order valence-electron chi connectivity index (χ0n) is 12.0.